The molecule has 2 atom stereocenters. The summed E-state index contributed by atoms with van der Waals surface area (Å²) in [5, 5.41) is 10.4. The van der Waals surface area contributed by atoms with Gasteiger partial charge in [-0.1, -0.05) is 19.1 Å². The van der Waals surface area contributed by atoms with Crippen molar-refractivity contribution in [2.24, 2.45) is 5.92 Å². The number of hydrogen-bond donors (Lipinski definition) is 1. The van der Waals surface area contributed by atoms with Gasteiger partial charge >= 0.3 is 0 Å². The van der Waals surface area contributed by atoms with E-state index in [-0.39, 0.29) is 11.8 Å². The molecule has 1 aliphatic heterocycles. The van der Waals surface area contributed by atoms with Gasteiger partial charge in [0.15, 0.2) is 0 Å². The standard InChI is InChI=1S/C19H29NO3/c1-4-16-14-20(13-12-19(16,2)22)18(21)7-5-6-15-8-10-17(23-3)11-9-15/h8-11,16,22H,4-7,12-14H2,1-3H3/t16-,19+/m1/s1. The molecule has 1 amide bonds. The highest BCUT2D eigenvalue weighted by molar-refractivity contribution is 5.76. The second kappa shape index (κ2) is 7.82. The van der Waals surface area contributed by atoms with Crippen molar-refractivity contribution >= 4 is 5.91 Å². The van der Waals surface area contributed by atoms with E-state index in [1.807, 2.05) is 24.0 Å². The molecule has 0 unspecified atom stereocenters. The molecule has 1 aromatic rings. The molecule has 0 aromatic heterocycles. The lowest BCUT2D eigenvalue weighted by atomic mass is 9.81. The van der Waals surface area contributed by atoms with Gasteiger partial charge in [0.1, 0.15) is 5.75 Å². The van der Waals surface area contributed by atoms with Gasteiger partial charge in [0.05, 0.1) is 12.7 Å². The minimum absolute atomic E-state index is 0.182. The Morgan fingerprint density at radius 3 is 2.70 bits per heavy atom. The Morgan fingerprint density at radius 2 is 2.09 bits per heavy atom. The zero-order valence-corrected chi connectivity index (χ0v) is 14.5. The zero-order valence-electron chi connectivity index (χ0n) is 14.5. The molecular formula is C19H29NO3. The van der Waals surface area contributed by atoms with Crippen LogP contribution in [-0.2, 0) is 11.2 Å². The fourth-order valence-corrected chi connectivity index (χ4v) is 3.31. The predicted molar refractivity (Wildman–Crippen MR) is 91.5 cm³/mol. The van der Waals surface area contributed by atoms with Crippen molar-refractivity contribution in [3.8, 4) is 5.75 Å². The molecule has 1 heterocycles. The monoisotopic (exact) mass is 319 g/mol. The molecule has 0 radical (unpaired) electrons. The summed E-state index contributed by atoms with van der Waals surface area (Å²) in [4.78, 5) is 14.3. The van der Waals surface area contributed by atoms with Crippen LogP contribution in [0.2, 0.25) is 0 Å². The Labute approximate surface area is 139 Å². The minimum Gasteiger partial charge on any atom is -0.497 e. The summed E-state index contributed by atoms with van der Waals surface area (Å²) in [6.07, 6.45) is 3.91. The number of rotatable bonds is 6. The van der Waals surface area contributed by atoms with E-state index in [0.717, 1.165) is 25.0 Å². The van der Waals surface area contributed by atoms with Gasteiger partial charge in [-0.05, 0) is 50.3 Å². The highest BCUT2D eigenvalue weighted by atomic mass is 16.5. The lowest BCUT2D eigenvalue weighted by molar-refractivity contribution is -0.139. The van der Waals surface area contributed by atoms with Crippen LogP contribution in [-0.4, -0.2) is 41.7 Å². The fraction of sp³-hybridized carbons (Fsp3) is 0.632. The molecule has 128 valence electrons. The molecule has 0 aliphatic carbocycles. The van der Waals surface area contributed by atoms with Gasteiger partial charge in [-0.15, -0.1) is 0 Å². The molecule has 1 aromatic carbocycles. The average molecular weight is 319 g/mol. The maximum atomic E-state index is 12.4. The van der Waals surface area contributed by atoms with Gasteiger partial charge in [-0.2, -0.15) is 0 Å². The van der Waals surface area contributed by atoms with Gasteiger partial charge in [-0.3, -0.25) is 4.79 Å². The number of likely N-dealkylation sites (tertiary alicyclic amines) is 1. The number of nitrogens with zero attached hydrogens (tertiary/aromatic N) is 1. The van der Waals surface area contributed by atoms with Crippen LogP contribution in [0.3, 0.4) is 0 Å². The van der Waals surface area contributed by atoms with Crippen LogP contribution in [0.1, 0.15) is 45.1 Å². The molecule has 0 spiro atoms. The first-order chi connectivity index (χ1) is 11.0. The first kappa shape index (κ1) is 17.8. The Morgan fingerprint density at radius 1 is 1.39 bits per heavy atom. The maximum absolute atomic E-state index is 12.4. The second-order valence-electron chi connectivity index (χ2n) is 6.75. The number of methoxy groups -OCH3 is 1. The van der Waals surface area contributed by atoms with Gasteiger partial charge in [0, 0.05) is 25.4 Å². The van der Waals surface area contributed by atoms with Crippen LogP contribution in [0.5, 0.6) is 5.75 Å². The van der Waals surface area contributed by atoms with Crippen molar-refractivity contribution in [3.63, 3.8) is 0 Å². The fourth-order valence-electron chi connectivity index (χ4n) is 3.31. The Kier molecular flexibility index (Phi) is 6.05. The summed E-state index contributed by atoms with van der Waals surface area (Å²) in [6, 6.07) is 8.01. The number of aliphatic hydroxyl groups is 1. The van der Waals surface area contributed by atoms with Crippen molar-refractivity contribution in [3.05, 3.63) is 29.8 Å². The Balaban J connectivity index is 1.78. The summed E-state index contributed by atoms with van der Waals surface area (Å²) in [5.74, 6) is 1.25. The number of piperidine rings is 1. The lowest BCUT2D eigenvalue weighted by Gasteiger charge is -2.42. The number of carbonyl (C=O) groups excluding carboxylic acids is 1. The smallest absolute Gasteiger partial charge is 0.222 e. The molecule has 1 fully saturated rings. The molecule has 1 saturated heterocycles. The van der Waals surface area contributed by atoms with Crippen molar-refractivity contribution < 1.29 is 14.6 Å². The van der Waals surface area contributed by atoms with E-state index in [4.69, 9.17) is 4.74 Å². The average Bonchev–Trinajstić information content (AvgIpc) is 2.55. The van der Waals surface area contributed by atoms with E-state index in [1.54, 1.807) is 7.11 Å². The zero-order chi connectivity index (χ0) is 16.9. The van der Waals surface area contributed by atoms with Gasteiger partial charge in [0.2, 0.25) is 5.91 Å². The van der Waals surface area contributed by atoms with Gasteiger partial charge < -0.3 is 14.7 Å². The second-order valence-corrected chi connectivity index (χ2v) is 6.75. The molecule has 1 aliphatic rings. The molecule has 1 N–H and O–H groups in total. The van der Waals surface area contributed by atoms with Crippen LogP contribution < -0.4 is 4.74 Å². The summed E-state index contributed by atoms with van der Waals surface area (Å²) < 4.78 is 5.15. The first-order valence-corrected chi connectivity index (χ1v) is 8.59. The number of hydrogen-bond acceptors (Lipinski definition) is 3. The largest absolute Gasteiger partial charge is 0.497 e. The summed E-state index contributed by atoms with van der Waals surface area (Å²) >= 11 is 0. The van der Waals surface area contributed by atoms with E-state index in [1.165, 1.54) is 5.56 Å². The third-order valence-electron chi connectivity index (χ3n) is 5.07. The quantitative estimate of drug-likeness (QED) is 0.877. The van der Waals surface area contributed by atoms with Crippen LogP contribution in [0, 0.1) is 5.92 Å². The van der Waals surface area contributed by atoms with Crippen LogP contribution >= 0.6 is 0 Å². The van der Waals surface area contributed by atoms with E-state index in [0.29, 0.717) is 25.9 Å². The minimum atomic E-state index is -0.630. The number of benzene rings is 1. The van der Waals surface area contributed by atoms with Crippen molar-refractivity contribution in [1.82, 2.24) is 4.90 Å². The number of ether oxygens (including phenoxy) is 1. The van der Waals surface area contributed by atoms with Crippen molar-refractivity contribution in [2.45, 2.75) is 51.6 Å². The topological polar surface area (TPSA) is 49.8 Å². The summed E-state index contributed by atoms with van der Waals surface area (Å²) in [5.41, 5.74) is 0.598. The molecule has 0 bridgehead atoms. The van der Waals surface area contributed by atoms with Crippen molar-refractivity contribution in [1.29, 1.82) is 0 Å². The predicted octanol–water partition coefficient (Wildman–Crippen LogP) is 3.03. The third-order valence-corrected chi connectivity index (χ3v) is 5.07. The van der Waals surface area contributed by atoms with E-state index in [2.05, 4.69) is 19.1 Å². The highest BCUT2D eigenvalue weighted by Gasteiger charge is 2.37. The normalized spacial score (nSPS) is 24.5. The first-order valence-electron chi connectivity index (χ1n) is 8.59. The number of carbonyl (C=O) groups is 1. The van der Waals surface area contributed by atoms with E-state index < -0.39 is 5.60 Å². The molecular weight excluding hydrogens is 290 g/mol. The van der Waals surface area contributed by atoms with Gasteiger partial charge in [-0.25, -0.2) is 0 Å². The van der Waals surface area contributed by atoms with Crippen LogP contribution in [0.4, 0.5) is 0 Å². The van der Waals surface area contributed by atoms with E-state index >= 15 is 0 Å². The molecule has 4 nitrogen and oxygen atoms in total. The maximum Gasteiger partial charge on any atom is 0.222 e. The summed E-state index contributed by atoms with van der Waals surface area (Å²) in [6.45, 7) is 5.33. The van der Waals surface area contributed by atoms with E-state index in [9.17, 15) is 9.90 Å². The lowest BCUT2D eigenvalue weighted by Crippen LogP contribution is -2.51. The third kappa shape index (κ3) is 4.71. The number of aryl methyl sites for hydroxylation is 1. The van der Waals surface area contributed by atoms with Crippen molar-refractivity contribution in [2.75, 3.05) is 20.2 Å². The number of amides is 1. The van der Waals surface area contributed by atoms with Gasteiger partial charge in [0.25, 0.3) is 0 Å². The van der Waals surface area contributed by atoms with Crippen LogP contribution in [0.25, 0.3) is 0 Å². The molecule has 2 rings (SSSR count). The Bertz CT molecular complexity index is 510. The highest BCUT2D eigenvalue weighted by Crippen LogP contribution is 2.30. The molecule has 0 saturated carbocycles. The Hall–Kier alpha value is -1.55. The molecule has 23 heavy (non-hydrogen) atoms. The van der Waals surface area contributed by atoms with Crippen LogP contribution in [0.15, 0.2) is 24.3 Å². The summed E-state index contributed by atoms with van der Waals surface area (Å²) in [7, 11) is 1.66. The molecule has 4 heteroatoms. The SMILES string of the molecule is CC[C@@H]1CN(C(=O)CCCc2ccc(OC)cc2)CC[C@]1(C)O.